The molecule has 17 heavy (non-hydrogen) atoms. The third kappa shape index (κ3) is 3.03. The monoisotopic (exact) mass is 294 g/mol. The Morgan fingerprint density at radius 2 is 2.18 bits per heavy atom. The van der Waals surface area contributed by atoms with Gasteiger partial charge in [-0.2, -0.15) is 0 Å². The summed E-state index contributed by atoms with van der Waals surface area (Å²) >= 11 is 3.46. The molecule has 0 atom stereocenters. The smallest absolute Gasteiger partial charge is 0.122 e. The second kappa shape index (κ2) is 5.27. The lowest BCUT2D eigenvalue weighted by molar-refractivity contribution is 0.414. The molecule has 4 heteroatoms. The number of hydrogen-bond acceptors (Lipinski definition) is 2. The maximum Gasteiger partial charge on any atom is 0.122 e. The number of aryl methyl sites for hydroxylation is 1. The van der Waals surface area contributed by atoms with Gasteiger partial charge in [-0.25, -0.2) is 0 Å². The maximum absolute atomic E-state index is 5.22. The van der Waals surface area contributed by atoms with Gasteiger partial charge >= 0.3 is 0 Å². The molecule has 0 fully saturated rings. The predicted molar refractivity (Wildman–Crippen MR) is 73.4 cm³/mol. The van der Waals surface area contributed by atoms with Crippen LogP contribution in [0.2, 0.25) is 0 Å². The van der Waals surface area contributed by atoms with Crippen LogP contribution in [0.5, 0.6) is 5.75 Å². The fourth-order valence-corrected chi connectivity index (χ4v) is 2.13. The first-order chi connectivity index (χ1) is 8.19. The molecule has 3 nitrogen and oxygen atoms in total. The highest BCUT2D eigenvalue weighted by Gasteiger charge is 2.01. The van der Waals surface area contributed by atoms with E-state index >= 15 is 0 Å². The van der Waals surface area contributed by atoms with E-state index in [1.807, 2.05) is 37.5 Å². The summed E-state index contributed by atoms with van der Waals surface area (Å²) in [5, 5.41) is 3.37. The van der Waals surface area contributed by atoms with Crippen molar-refractivity contribution < 1.29 is 4.74 Å². The minimum Gasteiger partial charge on any atom is -0.497 e. The molecule has 0 aliphatic carbocycles. The lowest BCUT2D eigenvalue weighted by Crippen LogP contribution is -2.04. The molecule has 0 saturated carbocycles. The molecule has 0 aliphatic heterocycles. The van der Waals surface area contributed by atoms with Crippen LogP contribution in [0, 0.1) is 0 Å². The summed E-state index contributed by atoms with van der Waals surface area (Å²) in [5.41, 5.74) is 2.28. The number of nitrogens with one attached hydrogen (secondary N) is 1. The molecule has 0 bridgehead atoms. The van der Waals surface area contributed by atoms with Crippen molar-refractivity contribution in [3.8, 4) is 5.75 Å². The minimum absolute atomic E-state index is 0.795. The zero-order valence-corrected chi connectivity index (χ0v) is 11.5. The Morgan fingerprint density at radius 3 is 2.82 bits per heavy atom. The van der Waals surface area contributed by atoms with Crippen molar-refractivity contribution in [2.75, 3.05) is 12.4 Å². The standard InChI is InChI=1S/C13H15BrN2O/c1-16-5-3-4-12(16)9-15-11-6-10(14)7-13(8-11)17-2/h3-8,15H,9H2,1-2H3. The van der Waals surface area contributed by atoms with Crippen LogP contribution in [0.4, 0.5) is 5.69 Å². The van der Waals surface area contributed by atoms with Crippen molar-refractivity contribution in [3.63, 3.8) is 0 Å². The first-order valence-electron chi connectivity index (χ1n) is 5.37. The number of halogens is 1. The van der Waals surface area contributed by atoms with E-state index < -0.39 is 0 Å². The summed E-state index contributed by atoms with van der Waals surface area (Å²) in [5.74, 6) is 0.841. The highest BCUT2D eigenvalue weighted by Crippen LogP contribution is 2.24. The average Bonchev–Trinajstić information content (AvgIpc) is 2.71. The molecular weight excluding hydrogens is 280 g/mol. The molecule has 0 amide bonds. The van der Waals surface area contributed by atoms with Crippen molar-refractivity contribution in [1.29, 1.82) is 0 Å². The SMILES string of the molecule is COc1cc(Br)cc(NCc2cccn2C)c1. The third-order valence-corrected chi connectivity index (χ3v) is 3.09. The van der Waals surface area contributed by atoms with Gasteiger partial charge in [-0.1, -0.05) is 15.9 Å². The number of ether oxygens (including phenoxy) is 1. The average molecular weight is 295 g/mol. The molecule has 1 aromatic heterocycles. The number of hydrogen-bond donors (Lipinski definition) is 1. The van der Waals surface area contributed by atoms with E-state index in [1.165, 1.54) is 5.69 Å². The largest absolute Gasteiger partial charge is 0.497 e. The number of nitrogens with zero attached hydrogens (tertiary/aromatic N) is 1. The Morgan fingerprint density at radius 1 is 1.35 bits per heavy atom. The number of rotatable bonds is 4. The fraction of sp³-hybridized carbons (Fsp3) is 0.231. The van der Waals surface area contributed by atoms with Gasteiger partial charge in [0.25, 0.3) is 0 Å². The highest BCUT2D eigenvalue weighted by molar-refractivity contribution is 9.10. The molecule has 0 spiro atoms. The second-order valence-electron chi connectivity index (χ2n) is 3.84. The van der Waals surface area contributed by atoms with E-state index in [0.29, 0.717) is 0 Å². The van der Waals surface area contributed by atoms with Gasteiger partial charge in [-0.3, -0.25) is 0 Å². The fourth-order valence-electron chi connectivity index (χ4n) is 1.66. The Kier molecular flexibility index (Phi) is 3.74. The van der Waals surface area contributed by atoms with Crippen LogP contribution in [0.25, 0.3) is 0 Å². The van der Waals surface area contributed by atoms with E-state index in [-0.39, 0.29) is 0 Å². The Balaban J connectivity index is 2.09. The van der Waals surface area contributed by atoms with E-state index in [0.717, 1.165) is 22.5 Å². The summed E-state index contributed by atoms with van der Waals surface area (Å²) in [6, 6.07) is 10.1. The number of methoxy groups -OCH3 is 1. The molecule has 1 N–H and O–H groups in total. The topological polar surface area (TPSA) is 26.2 Å². The summed E-state index contributed by atoms with van der Waals surface area (Å²) in [6.45, 7) is 0.795. The lowest BCUT2D eigenvalue weighted by atomic mass is 10.3. The van der Waals surface area contributed by atoms with Crippen LogP contribution in [-0.2, 0) is 13.6 Å². The summed E-state index contributed by atoms with van der Waals surface area (Å²) in [6.07, 6.45) is 2.04. The molecule has 2 aromatic rings. The van der Waals surface area contributed by atoms with Crippen LogP contribution in [0.1, 0.15) is 5.69 Å². The van der Waals surface area contributed by atoms with Gasteiger partial charge in [0.05, 0.1) is 13.7 Å². The molecule has 0 saturated heterocycles. The van der Waals surface area contributed by atoms with Crippen molar-refractivity contribution in [3.05, 3.63) is 46.7 Å². The first kappa shape index (κ1) is 12.0. The highest BCUT2D eigenvalue weighted by atomic mass is 79.9. The Hall–Kier alpha value is -1.42. The number of anilines is 1. The van der Waals surface area contributed by atoms with E-state index in [1.54, 1.807) is 7.11 Å². The minimum atomic E-state index is 0.795. The van der Waals surface area contributed by atoms with Crippen LogP contribution in [0.3, 0.4) is 0 Å². The quantitative estimate of drug-likeness (QED) is 0.935. The van der Waals surface area contributed by atoms with Gasteiger partial charge in [-0.15, -0.1) is 0 Å². The van der Waals surface area contributed by atoms with Crippen LogP contribution >= 0.6 is 15.9 Å². The van der Waals surface area contributed by atoms with Gasteiger partial charge in [-0.05, 0) is 24.3 Å². The zero-order valence-electron chi connectivity index (χ0n) is 9.90. The van der Waals surface area contributed by atoms with Crippen molar-refractivity contribution in [2.24, 2.45) is 7.05 Å². The molecule has 0 radical (unpaired) electrons. The summed E-state index contributed by atoms with van der Waals surface area (Å²) in [4.78, 5) is 0. The van der Waals surface area contributed by atoms with Crippen molar-refractivity contribution >= 4 is 21.6 Å². The number of aromatic nitrogens is 1. The van der Waals surface area contributed by atoms with Crippen molar-refractivity contribution in [1.82, 2.24) is 4.57 Å². The van der Waals surface area contributed by atoms with Crippen molar-refractivity contribution in [2.45, 2.75) is 6.54 Å². The molecule has 90 valence electrons. The van der Waals surface area contributed by atoms with Crippen LogP contribution in [-0.4, -0.2) is 11.7 Å². The maximum atomic E-state index is 5.22. The normalized spacial score (nSPS) is 10.3. The number of benzene rings is 1. The molecule has 1 aromatic carbocycles. The summed E-state index contributed by atoms with van der Waals surface area (Å²) in [7, 11) is 3.71. The first-order valence-corrected chi connectivity index (χ1v) is 6.17. The predicted octanol–water partition coefficient (Wildman–Crippen LogP) is 3.41. The summed E-state index contributed by atoms with van der Waals surface area (Å²) < 4.78 is 8.33. The Labute approximate surface area is 110 Å². The van der Waals surface area contributed by atoms with E-state index in [2.05, 4.69) is 31.9 Å². The Bertz CT molecular complexity index is 508. The lowest BCUT2D eigenvalue weighted by Gasteiger charge is -2.09. The van der Waals surface area contributed by atoms with E-state index in [4.69, 9.17) is 4.74 Å². The molecule has 0 unspecified atom stereocenters. The van der Waals surface area contributed by atoms with Gasteiger partial charge in [0.15, 0.2) is 0 Å². The third-order valence-electron chi connectivity index (χ3n) is 2.63. The zero-order chi connectivity index (χ0) is 12.3. The van der Waals surface area contributed by atoms with Gasteiger partial charge in [0.2, 0.25) is 0 Å². The molecular formula is C13H15BrN2O. The second-order valence-corrected chi connectivity index (χ2v) is 4.76. The molecule has 2 rings (SSSR count). The van der Waals surface area contributed by atoms with Crippen LogP contribution in [0.15, 0.2) is 41.0 Å². The molecule has 0 aliphatic rings. The van der Waals surface area contributed by atoms with Gasteiger partial charge < -0.3 is 14.6 Å². The van der Waals surface area contributed by atoms with E-state index in [9.17, 15) is 0 Å². The van der Waals surface area contributed by atoms with Gasteiger partial charge in [0, 0.05) is 35.2 Å². The molecule has 1 heterocycles. The van der Waals surface area contributed by atoms with Crippen LogP contribution < -0.4 is 10.1 Å². The van der Waals surface area contributed by atoms with Gasteiger partial charge in [0.1, 0.15) is 5.75 Å².